The summed E-state index contributed by atoms with van der Waals surface area (Å²) < 4.78 is 49.9. The number of nitrogens with zero attached hydrogens (tertiary/aromatic N) is 5. The summed E-state index contributed by atoms with van der Waals surface area (Å²) in [6, 6.07) is 3.14. The maximum Gasteiger partial charge on any atom is 0.387 e. The van der Waals surface area contributed by atoms with E-state index in [4.69, 9.17) is 10.5 Å². The summed E-state index contributed by atoms with van der Waals surface area (Å²) in [4.78, 5) is 17.1. The fourth-order valence-corrected chi connectivity index (χ4v) is 3.73. The first-order valence-electron chi connectivity index (χ1n) is 10.2. The monoisotopic (exact) mass is 438 g/mol. The van der Waals surface area contributed by atoms with Crippen molar-refractivity contribution in [2.24, 2.45) is 0 Å². The van der Waals surface area contributed by atoms with Crippen LogP contribution in [0.1, 0.15) is 19.8 Å². The molecular formula is C20H25F3N6O2. The zero-order valence-corrected chi connectivity index (χ0v) is 17.2. The van der Waals surface area contributed by atoms with Gasteiger partial charge in [-0.05, 0) is 19.4 Å². The summed E-state index contributed by atoms with van der Waals surface area (Å²) in [5.74, 6) is 0.671. The zero-order valence-electron chi connectivity index (χ0n) is 17.2. The SMILES string of the molecule is CC1(F)CCN(c2nc(-c3cnc(N)c(OC(F)F)c3)cc(N3CCCOCC3)n2)C1. The van der Waals surface area contributed by atoms with E-state index < -0.39 is 12.3 Å². The third kappa shape index (κ3) is 5.09. The minimum atomic E-state index is -3.03. The molecule has 8 nitrogen and oxygen atoms in total. The van der Waals surface area contributed by atoms with E-state index in [9.17, 15) is 13.2 Å². The highest BCUT2D eigenvalue weighted by Gasteiger charge is 2.35. The van der Waals surface area contributed by atoms with Gasteiger partial charge in [0.2, 0.25) is 5.95 Å². The molecule has 2 aromatic rings. The summed E-state index contributed by atoms with van der Waals surface area (Å²) in [5, 5.41) is 0. The van der Waals surface area contributed by atoms with E-state index in [1.54, 1.807) is 17.9 Å². The maximum absolute atomic E-state index is 14.5. The van der Waals surface area contributed by atoms with Crippen LogP contribution in [0.25, 0.3) is 11.3 Å². The van der Waals surface area contributed by atoms with Gasteiger partial charge in [0.25, 0.3) is 0 Å². The van der Waals surface area contributed by atoms with Crippen molar-refractivity contribution < 1.29 is 22.6 Å². The number of hydrogen-bond donors (Lipinski definition) is 1. The van der Waals surface area contributed by atoms with Crippen LogP contribution < -0.4 is 20.3 Å². The second-order valence-corrected chi connectivity index (χ2v) is 7.94. The van der Waals surface area contributed by atoms with Crippen molar-refractivity contribution in [3.63, 3.8) is 0 Å². The number of ether oxygens (including phenoxy) is 2. The Hall–Kier alpha value is -2.82. The molecule has 0 bridgehead atoms. The Morgan fingerprint density at radius 3 is 2.74 bits per heavy atom. The van der Waals surface area contributed by atoms with E-state index in [1.807, 2.05) is 0 Å². The highest BCUT2D eigenvalue weighted by atomic mass is 19.3. The van der Waals surface area contributed by atoms with Crippen LogP contribution in [0.2, 0.25) is 0 Å². The van der Waals surface area contributed by atoms with Crippen LogP contribution in [0.4, 0.5) is 30.8 Å². The number of aromatic nitrogens is 3. The predicted molar refractivity (Wildman–Crippen MR) is 110 cm³/mol. The van der Waals surface area contributed by atoms with Crippen molar-refractivity contribution in [3.05, 3.63) is 18.3 Å². The molecule has 0 saturated carbocycles. The highest BCUT2D eigenvalue weighted by molar-refractivity contribution is 5.68. The molecule has 4 heterocycles. The van der Waals surface area contributed by atoms with E-state index in [1.165, 1.54) is 12.3 Å². The van der Waals surface area contributed by atoms with Crippen LogP contribution in [-0.2, 0) is 4.74 Å². The summed E-state index contributed by atoms with van der Waals surface area (Å²) in [5.41, 5.74) is 5.25. The first kappa shape index (κ1) is 21.4. The third-order valence-corrected chi connectivity index (χ3v) is 5.35. The van der Waals surface area contributed by atoms with Crippen LogP contribution in [0, 0.1) is 0 Å². The number of halogens is 3. The van der Waals surface area contributed by atoms with Gasteiger partial charge in [-0.1, -0.05) is 0 Å². The molecule has 2 N–H and O–H groups in total. The van der Waals surface area contributed by atoms with E-state index in [0.717, 1.165) is 13.0 Å². The van der Waals surface area contributed by atoms with Crippen molar-refractivity contribution in [2.45, 2.75) is 32.0 Å². The average molecular weight is 438 g/mol. The fraction of sp³-hybridized carbons (Fsp3) is 0.550. The molecule has 2 aliphatic rings. The summed E-state index contributed by atoms with van der Waals surface area (Å²) in [7, 11) is 0. The van der Waals surface area contributed by atoms with Crippen LogP contribution in [0.15, 0.2) is 18.3 Å². The topological polar surface area (TPSA) is 89.6 Å². The standard InChI is InChI=1S/C20H25F3N6O2/c1-20(23)3-5-29(12-20)19-26-14(10-16(27-19)28-4-2-7-30-8-6-28)13-9-15(31-18(21)22)17(24)25-11-13/h9-11,18H,2-8,12H2,1H3,(H2,24,25). The third-order valence-electron chi connectivity index (χ3n) is 5.35. The van der Waals surface area contributed by atoms with Gasteiger partial charge in [-0.25, -0.2) is 14.4 Å². The van der Waals surface area contributed by atoms with Gasteiger partial charge in [0.1, 0.15) is 11.5 Å². The molecule has 2 aromatic heterocycles. The van der Waals surface area contributed by atoms with Gasteiger partial charge in [0.15, 0.2) is 11.6 Å². The molecule has 0 amide bonds. The Balaban J connectivity index is 1.74. The van der Waals surface area contributed by atoms with Gasteiger partial charge in [-0.3, -0.25) is 0 Å². The number of nitrogens with two attached hydrogens (primary N) is 1. The van der Waals surface area contributed by atoms with Gasteiger partial charge in [-0.15, -0.1) is 0 Å². The first-order valence-corrected chi connectivity index (χ1v) is 10.2. The van der Waals surface area contributed by atoms with Crippen molar-refractivity contribution >= 4 is 17.6 Å². The minimum absolute atomic E-state index is 0.143. The Morgan fingerprint density at radius 2 is 2.00 bits per heavy atom. The summed E-state index contributed by atoms with van der Waals surface area (Å²) >= 11 is 0. The van der Waals surface area contributed by atoms with E-state index in [2.05, 4.69) is 24.6 Å². The van der Waals surface area contributed by atoms with Gasteiger partial charge in [0, 0.05) is 50.5 Å². The lowest BCUT2D eigenvalue weighted by Crippen LogP contribution is -2.30. The number of rotatable bonds is 5. The minimum Gasteiger partial charge on any atom is -0.431 e. The molecule has 4 rings (SSSR count). The molecule has 0 radical (unpaired) electrons. The quantitative estimate of drug-likeness (QED) is 0.762. The largest absolute Gasteiger partial charge is 0.431 e. The molecule has 2 fully saturated rings. The molecule has 1 unspecified atom stereocenters. The second kappa shape index (κ2) is 8.74. The lowest BCUT2D eigenvalue weighted by atomic mass is 10.1. The smallest absolute Gasteiger partial charge is 0.387 e. The van der Waals surface area contributed by atoms with Crippen LogP contribution in [0.5, 0.6) is 5.75 Å². The molecule has 0 aliphatic carbocycles. The van der Waals surface area contributed by atoms with Crippen molar-refractivity contribution in [1.29, 1.82) is 0 Å². The Morgan fingerprint density at radius 1 is 1.16 bits per heavy atom. The van der Waals surface area contributed by atoms with Crippen molar-refractivity contribution in [1.82, 2.24) is 15.0 Å². The molecular weight excluding hydrogens is 413 g/mol. The van der Waals surface area contributed by atoms with Crippen LogP contribution in [-0.4, -0.2) is 66.6 Å². The molecule has 0 aromatic carbocycles. The predicted octanol–water partition coefficient (Wildman–Crippen LogP) is 2.89. The molecule has 2 saturated heterocycles. The van der Waals surface area contributed by atoms with Crippen LogP contribution >= 0.6 is 0 Å². The summed E-state index contributed by atoms with van der Waals surface area (Å²) in [6.45, 7) is 1.83. The molecule has 168 valence electrons. The number of pyridine rings is 1. The number of alkyl halides is 3. The normalized spacial score (nSPS) is 22.1. The molecule has 11 heteroatoms. The number of hydrogen-bond acceptors (Lipinski definition) is 8. The van der Waals surface area contributed by atoms with Gasteiger partial charge in [-0.2, -0.15) is 13.8 Å². The van der Waals surface area contributed by atoms with Crippen molar-refractivity contribution in [3.8, 4) is 17.0 Å². The molecule has 1 atom stereocenters. The first-order chi connectivity index (χ1) is 14.8. The van der Waals surface area contributed by atoms with Gasteiger partial charge >= 0.3 is 6.61 Å². The van der Waals surface area contributed by atoms with Crippen molar-refractivity contribution in [2.75, 3.05) is 54.9 Å². The zero-order chi connectivity index (χ0) is 22.0. The average Bonchev–Trinajstić information content (AvgIpc) is 2.92. The van der Waals surface area contributed by atoms with Crippen LogP contribution in [0.3, 0.4) is 0 Å². The molecule has 0 spiro atoms. The van der Waals surface area contributed by atoms with Gasteiger partial charge in [0.05, 0.1) is 18.8 Å². The lowest BCUT2D eigenvalue weighted by Gasteiger charge is -2.24. The van der Waals surface area contributed by atoms with E-state index in [-0.39, 0.29) is 18.1 Å². The fourth-order valence-electron chi connectivity index (χ4n) is 3.73. The molecule has 2 aliphatic heterocycles. The number of nitrogen functional groups attached to an aromatic ring is 1. The lowest BCUT2D eigenvalue weighted by molar-refractivity contribution is -0.0494. The van der Waals surface area contributed by atoms with E-state index >= 15 is 0 Å². The van der Waals surface area contributed by atoms with Gasteiger partial charge < -0.3 is 25.0 Å². The second-order valence-electron chi connectivity index (χ2n) is 7.94. The Bertz CT molecular complexity index is 899. The van der Waals surface area contributed by atoms with E-state index in [0.29, 0.717) is 55.7 Å². The summed E-state index contributed by atoms with van der Waals surface area (Å²) in [6.07, 6.45) is 2.67. The Kier molecular flexibility index (Phi) is 6.03. The Labute approximate surface area is 178 Å². The number of anilines is 3. The highest BCUT2D eigenvalue weighted by Crippen LogP contribution is 2.33. The molecule has 31 heavy (non-hydrogen) atoms. The maximum atomic E-state index is 14.5.